The molecule has 0 fully saturated rings. The van der Waals surface area contributed by atoms with Crippen molar-refractivity contribution in [1.82, 2.24) is 9.55 Å². The summed E-state index contributed by atoms with van der Waals surface area (Å²) in [6, 6.07) is 0. The summed E-state index contributed by atoms with van der Waals surface area (Å²) in [6.45, 7) is 2.58. The molecule has 0 N–H and O–H groups in total. The van der Waals surface area contributed by atoms with Crippen LogP contribution in [0.2, 0.25) is 0 Å². The van der Waals surface area contributed by atoms with Gasteiger partial charge in [0.25, 0.3) is 0 Å². The van der Waals surface area contributed by atoms with Gasteiger partial charge in [-0.05, 0) is 0 Å². The molecule has 5 heteroatoms. The van der Waals surface area contributed by atoms with E-state index in [9.17, 15) is 4.79 Å². The molecule has 1 unspecified atom stereocenters. The van der Waals surface area contributed by atoms with Crippen LogP contribution in [0.3, 0.4) is 0 Å². The van der Waals surface area contributed by atoms with Gasteiger partial charge >= 0.3 is 5.97 Å². The second-order valence-electron chi connectivity index (χ2n) is 2.84. The Morgan fingerprint density at radius 2 is 2.50 bits per heavy atom. The summed E-state index contributed by atoms with van der Waals surface area (Å²) >= 11 is 3.27. The van der Waals surface area contributed by atoms with Gasteiger partial charge in [-0.1, -0.05) is 22.9 Å². The molecule has 0 bridgehead atoms. The molecule has 1 aromatic heterocycles. The van der Waals surface area contributed by atoms with Gasteiger partial charge in [0, 0.05) is 25.4 Å². The molecular formula is C9H13BrN2O2. The van der Waals surface area contributed by atoms with Crippen LogP contribution in [-0.2, 0) is 22.5 Å². The molecule has 1 atom stereocenters. The van der Waals surface area contributed by atoms with Crippen molar-refractivity contribution in [3.8, 4) is 0 Å². The maximum atomic E-state index is 11.1. The normalized spacial score (nSPS) is 12.5. The molecule has 1 aromatic rings. The number of hydrogen-bond acceptors (Lipinski definition) is 3. The Hall–Kier alpha value is -0.840. The largest absolute Gasteiger partial charge is 0.468 e. The van der Waals surface area contributed by atoms with Crippen LogP contribution in [0.1, 0.15) is 12.7 Å². The molecule has 0 saturated heterocycles. The summed E-state index contributed by atoms with van der Waals surface area (Å²) in [6.07, 6.45) is 4.44. The Labute approximate surface area is 91.4 Å². The van der Waals surface area contributed by atoms with Crippen molar-refractivity contribution >= 4 is 21.9 Å². The molecule has 0 spiro atoms. The standard InChI is InChI=1S/C9H13BrN2O2/c1-3-8-11-4-5-12(8)6-7(10)9(13)14-2/h4-5,7H,3,6H2,1-2H3. The van der Waals surface area contributed by atoms with E-state index in [0.717, 1.165) is 12.2 Å². The number of esters is 1. The minimum absolute atomic E-state index is 0.263. The van der Waals surface area contributed by atoms with E-state index < -0.39 is 0 Å². The molecule has 0 aliphatic rings. The third-order valence-electron chi connectivity index (χ3n) is 1.93. The van der Waals surface area contributed by atoms with Crippen molar-refractivity contribution in [2.75, 3.05) is 7.11 Å². The summed E-state index contributed by atoms with van der Waals surface area (Å²) in [5.41, 5.74) is 0. The number of ether oxygens (including phenoxy) is 1. The number of imidazole rings is 1. The molecule has 0 aromatic carbocycles. The van der Waals surface area contributed by atoms with Crippen LogP contribution in [0, 0.1) is 0 Å². The van der Waals surface area contributed by atoms with Gasteiger partial charge in [0.1, 0.15) is 10.7 Å². The molecule has 78 valence electrons. The Morgan fingerprint density at radius 1 is 1.79 bits per heavy atom. The number of carbonyl (C=O) groups is 1. The molecule has 0 aliphatic heterocycles. The quantitative estimate of drug-likeness (QED) is 0.607. The van der Waals surface area contributed by atoms with Crippen LogP contribution in [-0.4, -0.2) is 27.5 Å². The third kappa shape index (κ3) is 2.57. The highest BCUT2D eigenvalue weighted by atomic mass is 79.9. The average molecular weight is 261 g/mol. The van der Waals surface area contributed by atoms with Crippen LogP contribution in [0.25, 0.3) is 0 Å². The first-order chi connectivity index (χ1) is 6.69. The van der Waals surface area contributed by atoms with Crippen molar-refractivity contribution in [3.63, 3.8) is 0 Å². The predicted molar refractivity (Wildman–Crippen MR) is 56.3 cm³/mol. The molecule has 0 saturated carbocycles. The first kappa shape index (κ1) is 11.2. The van der Waals surface area contributed by atoms with E-state index in [1.54, 1.807) is 6.20 Å². The van der Waals surface area contributed by atoms with Crippen molar-refractivity contribution in [1.29, 1.82) is 0 Å². The van der Waals surface area contributed by atoms with Crippen LogP contribution < -0.4 is 0 Å². The zero-order valence-corrected chi connectivity index (χ0v) is 9.82. The Kier molecular flexibility index (Phi) is 4.13. The summed E-state index contributed by atoms with van der Waals surface area (Å²) in [5.74, 6) is 0.708. The monoisotopic (exact) mass is 260 g/mol. The van der Waals surface area contributed by atoms with Crippen LogP contribution in [0.4, 0.5) is 0 Å². The minimum atomic E-state index is -0.313. The SMILES string of the molecule is CCc1nccn1CC(Br)C(=O)OC. The lowest BCUT2D eigenvalue weighted by atomic mass is 10.4. The highest BCUT2D eigenvalue weighted by Crippen LogP contribution is 2.08. The minimum Gasteiger partial charge on any atom is -0.468 e. The first-order valence-corrected chi connectivity index (χ1v) is 5.32. The van der Waals surface area contributed by atoms with E-state index in [-0.39, 0.29) is 10.8 Å². The number of nitrogens with zero attached hydrogens (tertiary/aromatic N) is 2. The molecule has 1 rings (SSSR count). The van der Waals surface area contributed by atoms with Gasteiger partial charge < -0.3 is 9.30 Å². The lowest BCUT2D eigenvalue weighted by molar-refractivity contribution is -0.140. The topological polar surface area (TPSA) is 44.1 Å². The fourth-order valence-corrected chi connectivity index (χ4v) is 1.69. The summed E-state index contributed by atoms with van der Waals surface area (Å²) < 4.78 is 6.56. The van der Waals surface area contributed by atoms with E-state index in [2.05, 4.69) is 25.7 Å². The highest BCUT2D eigenvalue weighted by Gasteiger charge is 2.16. The maximum absolute atomic E-state index is 11.1. The summed E-state index contributed by atoms with van der Waals surface area (Å²) in [4.78, 5) is 15.0. The Morgan fingerprint density at radius 3 is 3.07 bits per heavy atom. The van der Waals surface area contributed by atoms with Gasteiger partial charge in [-0.2, -0.15) is 0 Å². The lowest BCUT2D eigenvalue weighted by Gasteiger charge is -2.10. The lowest BCUT2D eigenvalue weighted by Crippen LogP contribution is -2.22. The van der Waals surface area contributed by atoms with Gasteiger partial charge in [0.05, 0.1) is 7.11 Å². The van der Waals surface area contributed by atoms with E-state index >= 15 is 0 Å². The van der Waals surface area contributed by atoms with E-state index in [0.29, 0.717) is 6.54 Å². The number of alkyl halides is 1. The van der Waals surface area contributed by atoms with E-state index in [1.165, 1.54) is 7.11 Å². The van der Waals surface area contributed by atoms with Gasteiger partial charge in [-0.15, -0.1) is 0 Å². The third-order valence-corrected chi connectivity index (χ3v) is 2.60. The zero-order chi connectivity index (χ0) is 10.6. The number of hydrogen-bond donors (Lipinski definition) is 0. The van der Waals surface area contributed by atoms with Crippen LogP contribution in [0.15, 0.2) is 12.4 Å². The van der Waals surface area contributed by atoms with E-state index in [1.807, 2.05) is 17.7 Å². The smallest absolute Gasteiger partial charge is 0.321 e. The van der Waals surface area contributed by atoms with Crippen molar-refractivity contribution in [3.05, 3.63) is 18.2 Å². The molecule has 0 amide bonds. The first-order valence-electron chi connectivity index (χ1n) is 4.41. The fourth-order valence-electron chi connectivity index (χ4n) is 1.20. The molecule has 14 heavy (non-hydrogen) atoms. The molecule has 1 heterocycles. The second kappa shape index (κ2) is 5.14. The Bertz CT molecular complexity index is 312. The van der Waals surface area contributed by atoms with Crippen molar-refractivity contribution in [2.45, 2.75) is 24.7 Å². The van der Waals surface area contributed by atoms with Crippen molar-refractivity contribution in [2.24, 2.45) is 0 Å². The number of aromatic nitrogens is 2. The number of methoxy groups -OCH3 is 1. The summed E-state index contributed by atoms with van der Waals surface area (Å²) in [5, 5.41) is 0. The maximum Gasteiger partial charge on any atom is 0.321 e. The number of halogens is 1. The highest BCUT2D eigenvalue weighted by molar-refractivity contribution is 9.10. The van der Waals surface area contributed by atoms with Crippen molar-refractivity contribution < 1.29 is 9.53 Å². The molecule has 0 radical (unpaired) electrons. The number of carbonyl (C=O) groups excluding carboxylic acids is 1. The zero-order valence-electron chi connectivity index (χ0n) is 8.24. The fraction of sp³-hybridized carbons (Fsp3) is 0.556. The number of aryl methyl sites for hydroxylation is 1. The average Bonchev–Trinajstić information content (AvgIpc) is 2.63. The predicted octanol–water partition coefficient (Wildman–Crippen LogP) is 1.38. The molecule has 4 nitrogen and oxygen atoms in total. The van der Waals surface area contributed by atoms with Gasteiger partial charge in [-0.3, -0.25) is 4.79 Å². The second-order valence-corrected chi connectivity index (χ2v) is 3.95. The van der Waals surface area contributed by atoms with Crippen LogP contribution in [0.5, 0.6) is 0 Å². The Balaban J connectivity index is 2.64. The van der Waals surface area contributed by atoms with Crippen LogP contribution >= 0.6 is 15.9 Å². The summed E-state index contributed by atoms with van der Waals surface area (Å²) in [7, 11) is 1.38. The van der Waals surface area contributed by atoms with Gasteiger partial charge in [0.15, 0.2) is 0 Å². The van der Waals surface area contributed by atoms with Gasteiger partial charge in [0.2, 0.25) is 0 Å². The van der Waals surface area contributed by atoms with Gasteiger partial charge in [-0.25, -0.2) is 4.98 Å². The number of rotatable bonds is 4. The molecule has 0 aliphatic carbocycles. The molecular weight excluding hydrogens is 248 g/mol. The van der Waals surface area contributed by atoms with E-state index in [4.69, 9.17) is 0 Å².